The molecule has 0 radical (unpaired) electrons. The van der Waals surface area contributed by atoms with E-state index >= 15 is 0 Å². The Hall–Kier alpha value is -1.64. The van der Waals surface area contributed by atoms with E-state index in [0.29, 0.717) is 5.39 Å². The quantitative estimate of drug-likeness (QED) is 0.900. The first-order chi connectivity index (χ1) is 9.22. The number of nitrogens with one attached hydrogen (secondary N) is 1. The lowest BCUT2D eigenvalue weighted by atomic mass is 10.0. The molecule has 2 aromatic rings. The molecule has 0 spiro atoms. The van der Waals surface area contributed by atoms with Crippen molar-refractivity contribution in [1.82, 2.24) is 4.98 Å². The van der Waals surface area contributed by atoms with Crippen LogP contribution in [-0.2, 0) is 12.8 Å². The van der Waals surface area contributed by atoms with E-state index in [1.54, 1.807) is 6.07 Å². The van der Waals surface area contributed by atoms with Crippen molar-refractivity contribution in [2.24, 2.45) is 0 Å². The molecule has 1 aromatic carbocycles. The second-order valence-corrected chi connectivity index (χ2v) is 5.28. The van der Waals surface area contributed by atoms with E-state index in [4.69, 9.17) is 4.98 Å². The maximum Gasteiger partial charge on any atom is 0.134 e. The summed E-state index contributed by atoms with van der Waals surface area (Å²) in [6, 6.07) is 3.37. The number of pyridine rings is 1. The summed E-state index contributed by atoms with van der Waals surface area (Å²) in [6.07, 6.45) is 4.19. The Morgan fingerprint density at radius 2 is 2.16 bits per heavy atom. The molecule has 0 amide bonds. The molecule has 0 atom stereocenters. The zero-order chi connectivity index (χ0) is 13.4. The monoisotopic (exact) mass is 258 g/mol. The van der Waals surface area contributed by atoms with Crippen LogP contribution in [0.1, 0.15) is 36.6 Å². The zero-order valence-corrected chi connectivity index (χ0v) is 11.5. The molecule has 0 saturated heterocycles. The highest BCUT2D eigenvalue weighted by Gasteiger charge is 2.21. The summed E-state index contributed by atoms with van der Waals surface area (Å²) in [5.41, 5.74) is 5.23. The molecule has 2 nitrogen and oxygen atoms in total. The Balaban J connectivity index is 2.31. The minimum absolute atomic E-state index is 0.165. The number of halogens is 1. The number of fused-ring (bicyclic) bond motifs is 2. The summed E-state index contributed by atoms with van der Waals surface area (Å²) in [5, 5.41) is 4.10. The van der Waals surface area contributed by atoms with E-state index in [2.05, 4.69) is 12.2 Å². The van der Waals surface area contributed by atoms with Crippen molar-refractivity contribution in [2.75, 3.05) is 11.9 Å². The molecule has 3 rings (SSSR count). The van der Waals surface area contributed by atoms with Crippen molar-refractivity contribution >= 4 is 16.6 Å². The number of hydrogen-bond acceptors (Lipinski definition) is 2. The topological polar surface area (TPSA) is 24.9 Å². The molecular formula is C16H19FN2. The lowest BCUT2D eigenvalue weighted by Gasteiger charge is -2.15. The van der Waals surface area contributed by atoms with E-state index in [1.807, 2.05) is 13.0 Å². The molecule has 0 unspecified atom stereocenters. The van der Waals surface area contributed by atoms with Gasteiger partial charge in [-0.05, 0) is 49.8 Å². The third kappa shape index (κ3) is 1.97. The van der Waals surface area contributed by atoms with Gasteiger partial charge in [0, 0.05) is 12.2 Å². The smallest absolute Gasteiger partial charge is 0.134 e. The first-order valence-electron chi connectivity index (χ1n) is 7.06. The van der Waals surface area contributed by atoms with Gasteiger partial charge in [-0.1, -0.05) is 13.0 Å². The maximum absolute atomic E-state index is 14.2. The van der Waals surface area contributed by atoms with Gasteiger partial charge >= 0.3 is 0 Å². The summed E-state index contributed by atoms with van der Waals surface area (Å²) in [7, 11) is 0. The fourth-order valence-electron chi connectivity index (χ4n) is 2.90. The Morgan fingerprint density at radius 1 is 1.32 bits per heavy atom. The van der Waals surface area contributed by atoms with Gasteiger partial charge in [-0.2, -0.15) is 0 Å². The Kier molecular flexibility index (Phi) is 3.13. The predicted molar refractivity (Wildman–Crippen MR) is 77.2 cm³/mol. The minimum Gasteiger partial charge on any atom is -0.384 e. The van der Waals surface area contributed by atoms with Gasteiger partial charge in [-0.25, -0.2) is 4.39 Å². The molecule has 0 bridgehead atoms. The number of rotatable bonds is 3. The highest BCUT2D eigenvalue weighted by atomic mass is 19.1. The number of hydrogen-bond donors (Lipinski definition) is 1. The third-order valence-corrected chi connectivity index (χ3v) is 3.87. The maximum atomic E-state index is 14.2. The highest BCUT2D eigenvalue weighted by Crippen LogP contribution is 2.36. The van der Waals surface area contributed by atoms with Gasteiger partial charge in [0.1, 0.15) is 5.82 Å². The molecule has 19 heavy (non-hydrogen) atoms. The van der Waals surface area contributed by atoms with E-state index in [-0.39, 0.29) is 5.82 Å². The van der Waals surface area contributed by atoms with Crippen LogP contribution in [0.5, 0.6) is 0 Å². The summed E-state index contributed by atoms with van der Waals surface area (Å²) >= 11 is 0. The van der Waals surface area contributed by atoms with Crippen molar-refractivity contribution in [2.45, 2.75) is 39.5 Å². The predicted octanol–water partition coefficient (Wildman–Crippen LogP) is 3.99. The summed E-state index contributed by atoms with van der Waals surface area (Å²) < 4.78 is 14.2. The molecule has 1 N–H and O–H groups in total. The van der Waals surface area contributed by atoms with Crippen LogP contribution >= 0.6 is 0 Å². The van der Waals surface area contributed by atoms with Crippen LogP contribution in [0.3, 0.4) is 0 Å². The summed E-state index contributed by atoms with van der Waals surface area (Å²) in [4.78, 5) is 4.70. The number of anilines is 1. The van der Waals surface area contributed by atoms with Crippen molar-refractivity contribution in [3.8, 4) is 0 Å². The van der Waals surface area contributed by atoms with E-state index in [9.17, 15) is 4.39 Å². The number of aromatic nitrogens is 1. The first-order valence-corrected chi connectivity index (χ1v) is 7.06. The molecule has 3 heteroatoms. The Labute approximate surface area is 113 Å². The van der Waals surface area contributed by atoms with Crippen LogP contribution in [0.25, 0.3) is 10.9 Å². The average molecular weight is 258 g/mol. The first kappa shape index (κ1) is 12.4. The fourth-order valence-corrected chi connectivity index (χ4v) is 2.90. The van der Waals surface area contributed by atoms with Crippen LogP contribution in [-0.4, -0.2) is 11.5 Å². The second-order valence-electron chi connectivity index (χ2n) is 5.28. The van der Waals surface area contributed by atoms with Crippen LogP contribution in [0.4, 0.5) is 10.1 Å². The van der Waals surface area contributed by atoms with Crippen molar-refractivity contribution in [3.63, 3.8) is 0 Å². The average Bonchev–Trinajstić information content (AvgIpc) is 2.87. The standard InChI is InChI=1S/C16H19FN2/c1-3-9-18-16-11-5-4-6-13(11)19-15-10(2)7-8-12(17)14(15)16/h7-8H,3-6,9H2,1-2H3,(H,18,19). The van der Waals surface area contributed by atoms with Crippen molar-refractivity contribution in [3.05, 3.63) is 34.8 Å². The van der Waals surface area contributed by atoms with Gasteiger partial charge in [-0.15, -0.1) is 0 Å². The normalized spacial score (nSPS) is 13.8. The SMILES string of the molecule is CCCNc1c2c(nc3c(C)ccc(F)c13)CCC2. The molecule has 1 aliphatic rings. The van der Waals surface area contributed by atoms with Gasteiger partial charge in [-0.3, -0.25) is 4.98 Å². The van der Waals surface area contributed by atoms with Crippen LogP contribution in [0, 0.1) is 12.7 Å². The highest BCUT2D eigenvalue weighted by molar-refractivity contribution is 5.96. The van der Waals surface area contributed by atoms with Gasteiger partial charge in [0.05, 0.1) is 16.6 Å². The van der Waals surface area contributed by atoms with Crippen LogP contribution in [0.2, 0.25) is 0 Å². The molecule has 1 aromatic heterocycles. The third-order valence-electron chi connectivity index (χ3n) is 3.87. The molecule has 100 valence electrons. The van der Waals surface area contributed by atoms with E-state index in [0.717, 1.165) is 54.7 Å². The number of aryl methyl sites for hydroxylation is 2. The summed E-state index contributed by atoms with van der Waals surface area (Å²) in [6.45, 7) is 5.00. The van der Waals surface area contributed by atoms with Crippen LogP contribution in [0.15, 0.2) is 12.1 Å². The molecular weight excluding hydrogens is 239 g/mol. The van der Waals surface area contributed by atoms with E-state index in [1.165, 1.54) is 5.56 Å². The minimum atomic E-state index is -0.165. The summed E-state index contributed by atoms with van der Waals surface area (Å²) in [5.74, 6) is -0.165. The van der Waals surface area contributed by atoms with Gasteiger partial charge in [0.25, 0.3) is 0 Å². The lowest BCUT2D eigenvalue weighted by Crippen LogP contribution is -2.06. The lowest BCUT2D eigenvalue weighted by molar-refractivity contribution is 0.639. The number of benzene rings is 1. The fraction of sp³-hybridized carbons (Fsp3) is 0.438. The Morgan fingerprint density at radius 3 is 2.95 bits per heavy atom. The van der Waals surface area contributed by atoms with Crippen LogP contribution < -0.4 is 5.32 Å². The molecule has 1 aliphatic carbocycles. The number of nitrogens with zero attached hydrogens (tertiary/aromatic N) is 1. The zero-order valence-electron chi connectivity index (χ0n) is 11.5. The Bertz CT molecular complexity index is 634. The largest absolute Gasteiger partial charge is 0.384 e. The van der Waals surface area contributed by atoms with Crippen molar-refractivity contribution in [1.29, 1.82) is 0 Å². The molecule has 0 saturated carbocycles. The van der Waals surface area contributed by atoms with Crippen molar-refractivity contribution < 1.29 is 4.39 Å². The van der Waals surface area contributed by atoms with E-state index < -0.39 is 0 Å². The van der Waals surface area contributed by atoms with Gasteiger partial charge in [0.2, 0.25) is 0 Å². The molecule has 1 heterocycles. The second kappa shape index (κ2) is 4.80. The molecule has 0 aliphatic heterocycles. The molecule has 0 fully saturated rings. The van der Waals surface area contributed by atoms with Gasteiger partial charge < -0.3 is 5.32 Å². The van der Waals surface area contributed by atoms with Gasteiger partial charge in [0.15, 0.2) is 0 Å².